The zero-order valence-corrected chi connectivity index (χ0v) is 18.1. The van der Waals surface area contributed by atoms with Crippen molar-refractivity contribution in [2.75, 3.05) is 52.9 Å². The van der Waals surface area contributed by atoms with Gasteiger partial charge < -0.3 is 33.5 Å². The SMILES string of the molecule is CCCC1(OCCO)COc2ccccc2OCCOCCOc2ccccc2OC1. The molecule has 0 unspecified atom stereocenters. The van der Waals surface area contributed by atoms with Gasteiger partial charge in [-0.1, -0.05) is 37.6 Å². The maximum Gasteiger partial charge on any atom is 0.161 e. The number of rotatable bonds is 5. The normalized spacial score (nSPS) is 17.1. The van der Waals surface area contributed by atoms with Crippen LogP contribution in [0.2, 0.25) is 0 Å². The van der Waals surface area contributed by atoms with Gasteiger partial charge >= 0.3 is 0 Å². The van der Waals surface area contributed by atoms with Gasteiger partial charge in [-0.2, -0.15) is 0 Å². The Morgan fingerprint density at radius 2 is 1.26 bits per heavy atom. The molecule has 1 aliphatic rings. The molecule has 0 amide bonds. The summed E-state index contributed by atoms with van der Waals surface area (Å²) in [6.07, 6.45) is 1.57. The predicted octanol–water partition coefficient (Wildman–Crippen LogP) is 3.48. The van der Waals surface area contributed by atoms with Gasteiger partial charge in [0.05, 0.1) is 26.4 Å². The topological polar surface area (TPSA) is 75.6 Å². The molecule has 0 aromatic heterocycles. The highest BCUT2D eigenvalue weighted by molar-refractivity contribution is 5.40. The van der Waals surface area contributed by atoms with Crippen molar-refractivity contribution in [3.63, 3.8) is 0 Å². The number of para-hydroxylation sites is 4. The smallest absolute Gasteiger partial charge is 0.161 e. The lowest BCUT2D eigenvalue weighted by Crippen LogP contribution is -2.45. The first-order chi connectivity index (χ1) is 15.3. The van der Waals surface area contributed by atoms with Crippen LogP contribution in [0.3, 0.4) is 0 Å². The van der Waals surface area contributed by atoms with Crippen molar-refractivity contribution in [1.82, 2.24) is 0 Å². The zero-order chi connectivity index (χ0) is 21.8. The highest BCUT2D eigenvalue weighted by Gasteiger charge is 2.33. The van der Waals surface area contributed by atoms with Gasteiger partial charge in [-0.25, -0.2) is 0 Å². The van der Waals surface area contributed by atoms with Crippen LogP contribution in [0.1, 0.15) is 19.8 Å². The minimum absolute atomic E-state index is 0.0785. The molecule has 0 saturated carbocycles. The van der Waals surface area contributed by atoms with Crippen LogP contribution < -0.4 is 18.9 Å². The van der Waals surface area contributed by atoms with E-state index in [1.807, 2.05) is 48.5 Å². The molecule has 2 aromatic rings. The van der Waals surface area contributed by atoms with Gasteiger partial charge in [0.1, 0.15) is 32.0 Å². The molecule has 170 valence electrons. The molecule has 0 fully saturated rings. The molecule has 0 aliphatic carbocycles. The molecule has 0 atom stereocenters. The molecule has 1 heterocycles. The second kappa shape index (κ2) is 12.4. The standard InChI is InChI=1S/C24H32O7/c1-2-11-24(31-13-12-25)18-29-22-9-5-3-7-20(22)27-16-14-26-15-17-28-21-8-4-6-10-23(21)30-19-24/h3-10,25H,2,11-19H2,1H3. The Morgan fingerprint density at radius 1 is 0.774 bits per heavy atom. The molecule has 1 N–H and O–H groups in total. The predicted molar refractivity (Wildman–Crippen MR) is 116 cm³/mol. The second-order valence-electron chi connectivity index (χ2n) is 7.29. The first kappa shape index (κ1) is 23.2. The number of benzene rings is 2. The number of aliphatic hydroxyl groups is 1. The van der Waals surface area contributed by atoms with Crippen LogP contribution in [0.4, 0.5) is 0 Å². The van der Waals surface area contributed by atoms with E-state index in [1.54, 1.807) is 0 Å². The first-order valence-corrected chi connectivity index (χ1v) is 10.8. The van der Waals surface area contributed by atoms with Crippen molar-refractivity contribution < 1.29 is 33.5 Å². The number of hydrogen-bond acceptors (Lipinski definition) is 7. The van der Waals surface area contributed by atoms with E-state index in [4.69, 9.17) is 28.4 Å². The molecule has 31 heavy (non-hydrogen) atoms. The molecule has 2 aromatic carbocycles. The second-order valence-corrected chi connectivity index (χ2v) is 7.29. The van der Waals surface area contributed by atoms with Gasteiger partial charge in [0, 0.05) is 0 Å². The third-order valence-electron chi connectivity index (χ3n) is 4.86. The van der Waals surface area contributed by atoms with Gasteiger partial charge in [0.25, 0.3) is 0 Å². The van der Waals surface area contributed by atoms with E-state index >= 15 is 0 Å². The first-order valence-electron chi connectivity index (χ1n) is 10.8. The van der Waals surface area contributed by atoms with Crippen LogP contribution in [0.5, 0.6) is 23.0 Å². The maximum atomic E-state index is 9.37. The van der Waals surface area contributed by atoms with Gasteiger partial charge in [-0.15, -0.1) is 0 Å². The van der Waals surface area contributed by atoms with E-state index in [9.17, 15) is 5.11 Å². The third kappa shape index (κ3) is 7.02. The summed E-state index contributed by atoms with van der Waals surface area (Å²) < 4.78 is 35.7. The molecule has 3 rings (SSSR count). The van der Waals surface area contributed by atoms with Crippen molar-refractivity contribution in [2.45, 2.75) is 25.4 Å². The number of hydrogen-bond donors (Lipinski definition) is 1. The van der Waals surface area contributed by atoms with E-state index in [0.717, 1.165) is 6.42 Å². The van der Waals surface area contributed by atoms with E-state index in [1.165, 1.54) is 0 Å². The Balaban J connectivity index is 1.85. The van der Waals surface area contributed by atoms with E-state index in [-0.39, 0.29) is 26.4 Å². The van der Waals surface area contributed by atoms with Crippen LogP contribution in [0, 0.1) is 0 Å². The van der Waals surface area contributed by atoms with Gasteiger partial charge in [-0.05, 0) is 30.7 Å². The fraction of sp³-hybridized carbons (Fsp3) is 0.500. The van der Waals surface area contributed by atoms with Crippen molar-refractivity contribution in [1.29, 1.82) is 0 Å². The Morgan fingerprint density at radius 3 is 1.71 bits per heavy atom. The molecule has 7 nitrogen and oxygen atoms in total. The van der Waals surface area contributed by atoms with Crippen LogP contribution in [-0.2, 0) is 9.47 Å². The minimum Gasteiger partial charge on any atom is -0.487 e. The fourth-order valence-corrected chi connectivity index (χ4v) is 3.38. The Hall–Kier alpha value is -2.48. The number of ether oxygens (including phenoxy) is 6. The van der Waals surface area contributed by atoms with Gasteiger partial charge in [0.2, 0.25) is 0 Å². The maximum absolute atomic E-state index is 9.37. The highest BCUT2D eigenvalue weighted by atomic mass is 16.6. The van der Waals surface area contributed by atoms with E-state index in [2.05, 4.69) is 6.92 Å². The summed E-state index contributed by atoms with van der Waals surface area (Å²) in [6, 6.07) is 15.1. The Kier molecular flexibility index (Phi) is 9.27. The summed E-state index contributed by atoms with van der Waals surface area (Å²) in [4.78, 5) is 0. The zero-order valence-electron chi connectivity index (χ0n) is 18.1. The van der Waals surface area contributed by atoms with Crippen molar-refractivity contribution in [3.8, 4) is 23.0 Å². The monoisotopic (exact) mass is 432 g/mol. The molecule has 0 radical (unpaired) electrons. The lowest BCUT2D eigenvalue weighted by Gasteiger charge is -2.33. The molecule has 0 spiro atoms. The lowest BCUT2D eigenvalue weighted by atomic mass is 9.99. The minimum atomic E-state index is -0.738. The molecular formula is C24H32O7. The van der Waals surface area contributed by atoms with Crippen molar-refractivity contribution >= 4 is 0 Å². The number of aliphatic hydroxyl groups excluding tert-OH is 1. The van der Waals surface area contributed by atoms with Crippen LogP contribution in [0.15, 0.2) is 48.5 Å². The molecule has 1 aliphatic heterocycles. The van der Waals surface area contributed by atoms with Crippen LogP contribution >= 0.6 is 0 Å². The summed E-state index contributed by atoms with van der Waals surface area (Å²) in [6.45, 7) is 4.39. The summed E-state index contributed by atoms with van der Waals surface area (Å²) in [5, 5.41) is 9.37. The van der Waals surface area contributed by atoms with Gasteiger partial charge in [-0.3, -0.25) is 0 Å². The molecule has 0 saturated heterocycles. The molecule has 7 heteroatoms. The lowest BCUT2D eigenvalue weighted by molar-refractivity contribution is -0.110. The molecular weight excluding hydrogens is 400 g/mol. The molecule has 0 bridgehead atoms. The van der Waals surface area contributed by atoms with Crippen LogP contribution in [0.25, 0.3) is 0 Å². The summed E-state index contributed by atoms with van der Waals surface area (Å²) in [5.74, 6) is 2.55. The van der Waals surface area contributed by atoms with Crippen molar-refractivity contribution in [2.24, 2.45) is 0 Å². The largest absolute Gasteiger partial charge is 0.487 e. The highest BCUT2D eigenvalue weighted by Crippen LogP contribution is 2.31. The third-order valence-corrected chi connectivity index (χ3v) is 4.86. The fourth-order valence-electron chi connectivity index (χ4n) is 3.38. The number of fused-ring (bicyclic) bond motifs is 2. The van der Waals surface area contributed by atoms with E-state index < -0.39 is 5.60 Å². The van der Waals surface area contributed by atoms with Crippen molar-refractivity contribution in [3.05, 3.63) is 48.5 Å². The summed E-state index contributed by atoms with van der Waals surface area (Å²) >= 11 is 0. The Labute approximate surface area is 183 Å². The average Bonchev–Trinajstić information content (AvgIpc) is 2.80. The summed E-state index contributed by atoms with van der Waals surface area (Å²) in [7, 11) is 0. The van der Waals surface area contributed by atoms with Crippen LogP contribution in [-0.4, -0.2) is 63.6 Å². The van der Waals surface area contributed by atoms with Gasteiger partial charge in [0.15, 0.2) is 23.0 Å². The average molecular weight is 433 g/mol. The van der Waals surface area contributed by atoms with E-state index in [0.29, 0.717) is 55.8 Å². The Bertz CT molecular complexity index is 725. The quantitative estimate of drug-likeness (QED) is 0.775. The summed E-state index contributed by atoms with van der Waals surface area (Å²) in [5.41, 5.74) is -0.738.